The highest BCUT2D eigenvalue weighted by atomic mass is 19.1. The van der Waals surface area contributed by atoms with E-state index < -0.39 is 5.82 Å². The molecule has 0 aliphatic heterocycles. The molecule has 4 heteroatoms. The lowest BCUT2D eigenvalue weighted by Crippen LogP contribution is -2.22. The molecule has 0 radical (unpaired) electrons. The third-order valence-corrected chi connectivity index (χ3v) is 2.79. The third kappa shape index (κ3) is 3.58. The van der Waals surface area contributed by atoms with E-state index in [-0.39, 0.29) is 5.82 Å². The van der Waals surface area contributed by atoms with Crippen molar-refractivity contribution in [2.75, 3.05) is 0 Å². The van der Waals surface area contributed by atoms with E-state index in [4.69, 9.17) is 0 Å². The van der Waals surface area contributed by atoms with Crippen molar-refractivity contribution in [3.63, 3.8) is 0 Å². The molecule has 0 unspecified atom stereocenters. The van der Waals surface area contributed by atoms with Gasteiger partial charge in [0.15, 0.2) is 0 Å². The monoisotopic (exact) mass is 262 g/mol. The van der Waals surface area contributed by atoms with Crippen molar-refractivity contribution < 1.29 is 8.78 Å². The van der Waals surface area contributed by atoms with Gasteiger partial charge in [-0.05, 0) is 29.3 Å². The van der Waals surface area contributed by atoms with Crippen LogP contribution in [0.2, 0.25) is 0 Å². The first-order valence-electron chi connectivity index (χ1n) is 6.19. The van der Waals surface area contributed by atoms with Gasteiger partial charge in [-0.15, -0.1) is 0 Å². The summed E-state index contributed by atoms with van der Waals surface area (Å²) in [6.07, 6.45) is 2.67. The first kappa shape index (κ1) is 13.6. The van der Waals surface area contributed by atoms with Crippen molar-refractivity contribution in [2.45, 2.75) is 26.4 Å². The topological polar surface area (TPSA) is 24.9 Å². The smallest absolute Gasteiger partial charge is 0.142 e. The predicted octanol–water partition coefficient (Wildman–Crippen LogP) is 3.52. The van der Waals surface area contributed by atoms with Gasteiger partial charge in [-0.1, -0.05) is 19.9 Å². The lowest BCUT2D eigenvalue weighted by atomic mass is 10.0. The summed E-state index contributed by atoms with van der Waals surface area (Å²) in [6, 6.07) is 6.22. The zero-order valence-electron chi connectivity index (χ0n) is 11.0. The highest BCUT2D eigenvalue weighted by Crippen LogP contribution is 2.24. The summed E-state index contributed by atoms with van der Waals surface area (Å²) in [5.74, 6) is -0.767. The van der Waals surface area contributed by atoms with E-state index in [9.17, 15) is 8.78 Å². The molecule has 0 aliphatic carbocycles. The molecule has 0 amide bonds. The number of hydrogen-bond acceptors (Lipinski definition) is 2. The first-order chi connectivity index (χ1) is 9.06. The molecule has 0 saturated heterocycles. The van der Waals surface area contributed by atoms with E-state index >= 15 is 0 Å². The van der Waals surface area contributed by atoms with Crippen molar-refractivity contribution >= 4 is 0 Å². The Bertz CT molecular complexity index is 568. The maximum absolute atomic E-state index is 13.4. The lowest BCUT2D eigenvalue weighted by molar-refractivity contribution is 0.586. The van der Waals surface area contributed by atoms with Gasteiger partial charge in [-0.3, -0.25) is 4.98 Å². The second-order valence-corrected chi connectivity index (χ2v) is 4.73. The summed E-state index contributed by atoms with van der Waals surface area (Å²) < 4.78 is 26.6. The fourth-order valence-electron chi connectivity index (χ4n) is 1.84. The summed E-state index contributed by atoms with van der Waals surface area (Å²) in [7, 11) is 0. The lowest BCUT2D eigenvalue weighted by Gasteiger charge is -2.13. The summed E-state index contributed by atoms with van der Waals surface area (Å²) in [5.41, 5.74) is 2.17. The zero-order chi connectivity index (χ0) is 13.8. The summed E-state index contributed by atoms with van der Waals surface area (Å²) in [6.45, 7) is 4.67. The molecule has 100 valence electrons. The molecule has 0 bridgehead atoms. The van der Waals surface area contributed by atoms with Crippen LogP contribution in [-0.4, -0.2) is 11.0 Å². The van der Waals surface area contributed by atoms with Crippen LogP contribution in [0.1, 0.15) is 19.4 Å². The van der Waals surface area contributed by atoms with Crippen LogP contribution in [0.5, 0.6) is 0 Å². The Kier molecular flexibility index (Phi) is 4.22. The van der Waals surface area contributed by atoms with E-state index in [1.165, 1.54) is 24.4 Å². The maximum Gasteiger partial charge on any atom is 0.142 e. The molecule has 0 spiro atoms. The van der Waals surface area contributed by atoms with E-state index in [0.717, 1.165) is 11.8 Å². The van der Waals surface area contributed by atoms with Gasteiger partial charge < -0.3 is 5.32 Å². The van der Waals surface area contributed by atoms with Crippen LogP contribution in [-0.2, 0) is 6.54 Å². The predicted molar refractivity (Wildman–Crippen MR) is 71.6 cm³/mol. The van der Waals surface area contributed by atoms with Crippen LogP contribution < -0.4 is 5.32 Å². The Morgan fingerprint density at radius 3 is 2.58 bits per heavy atom. The molecule has 19 heavy (non-hydrogen) atoms. The number of nitrogens with one attached hydrogen (secondary N) is 1. The van der Waals surface area contributed by atoms with Crippen LogP contribution in [0.3, 0.4) is 0 Å². The molecular formula is C15H16F2N2. The van der Waals surface area contributed by atoms with Gasteiger partial charge in [-0.2, -0.15) is 0 Å². The molecule has 2 rings (SSSR count). The number of nitrogens with zero attached hydrogens (tertiary/aromatic N) is 1. The van der Waals surface area contributed by atoms with Gasteiger partial charge in [0, 0.05) is 24.3 Å². The van der Waals surface area contributed by atoms with Crippen molar-refractivity contribution in [3.05, 3.63) is 53.9 Å². The number of rotatable bonds is 4. The average molecular weight is 262 g/mol. The second-order valence-electron chi connectivity index (χ2n) is 4.73. The van der Waals surface area contributed by atoms with Gasteiger partial charge in [0.25, 0.3) is 0 Å². The Hall–Kier alpha value is -1.81. The minimum absolute atomic E-state index is 0.323. The normalized spacial score (nSPS) is 11.0. The maximum atomic E-state index is 13.4. The van der Waals surface area contributed by atoms with E-state index in [1.54, 1.807) is 6.07 Å². The molecule has 0 fully saturated rings. The van der Waals surface area contributed by atoms with Gasteiger partial charge in [0.2, 0.25) is 0 Å². The Labute approximate surface area is 111 Å². The Morgan fingerprint density at radius 1 is 1.11 bits per heavy atom. The molecule has 0 saturated carbocycles. The van der Waals surface area contributed by atoms with Crippen molar-refractivity contribution in [1.29, 1.82) is 0 Å². The van der Waals surface area contributed by atoms with Crippen LogP contribution in [0.25, 0.3) is 11.1 Å². The summed E-state index contributed by atoms with van der Waals surface area (Å²) in [5, 5.41) is 3.27. The number of pyridine rings is 1. The van der Waals surface area contributed by atoms with Gasteiger partial charge in [0.1, 0.15) is 11.6 Å². The molecule has 1 N–H and O–H groups in total. The Balaban J connectivity index is 2.39. The highest BCUT2D eigenvalue weighted by Gasteiger charge is 2.08. The molecule has 0 aliphatic rings. The molecule has 0 atom stereocenters. The standard InChI is InChI=1S/C15H16F2N2/c1-10(2)19-8-11-3-4-13(16)6-15(11)12-5-14(17)9-18-7-12/h3-7,9-10,19H,8H2,1-2H3. The van der Waals surface area contributed by atoms with Crippen LogP contribution in [0, 0.1) is 11.6 Å². The second kappa shape index (κ2) is 5.89. The fraction of sp³-hybridized carbons (Fsp3) is 0.267. The summed E-state index contributed by atoms with van der Waals surface area (Å²) >= 11 is 0. The van der Waals surface area contributed by atoms with E-state index in [1.807, 2.05) is 13.8 Å². The number of halogens is 2. The van der Waals surface area contributed by atoms with Crippen molar-refractivity contribution in [1.82, 2.24) is 10.3 Å². The first-order valence-corrected chi connectivity index (χ1v) is 6.19. The minimum atomic E-state index is -0.426. The zero-order valence-corrected chi connectivity index (χ0v) is 11.0. The van der Waals surface area contributed by atoms with Crippen LogP contribution in [0.4, 0.5) is 8.78 Å². The SMILES string of the molecule is CC(C)NCc1ccc(F)cc1-c1cncc(F)c1. The molecule has 2 nitrogen and oxygen atoms in total. The Morgan fingerprint density at radius 2 is 1.89 bits per heavy atom. The van der Waals surface area contributed by atoms with E-state index in [2.05, 4.69) is 10.3 Å². The van der Waals surface area contributed by atoms with Crippen molar-refractivity contribution in [3.8, 4) is 11.1 Å². The molecular weight excluding hydrogens is 246 g/mol. The van der Waals surface area contributed by atoms with Crippen molar-refractivity contribution in [2.24, 2.45) is 0 Å². The third-order valence-electron chi connectivity index (χ3n) is 2.79. The van der Waals surface area contributed by atoms with Crippen LogP contribution in [0.15, 0.2) is 36.7 Å². The van der Waals surface area contributed by atoms with Gasteiger partial charge >= 0.3 is 0 Å². The van der Waals surface area contributed by atoms with Gasteiger partial charge in [0.05, 0.1) is 6.20 Å². The quantitative estimate of drug-likeness (QED) is 0.911. The molecule has 2 aromatic rings. The van der Waals surface area contributed by atoms with Crippen LogP contribution >= 0.6 is 0 Å². The average Bonchev–Trinajstić information content (AvgIpc) is 2.37. The summed E-state index contributed by atoms with van der Waals surface area (Å²) in [4.78, 5) is 3.81. The number of hydrogen-bond donors (Lipinski definition) is 1. The van der Waals surface area contributed by atoms with Gasteiger partial charge in [-0.25, -0.2) is 8.78 Å². The molecule has 1 aromatic heterocycles. The largest absolute Gasteiger partial charge is 0.310 e. The molecule has 1 aromatic carbocycles. The number of benzene rings is 1. The number of aromatic nitrogens is 1. The van der Waals surface area contributed by atoms with E-state index in [0.29, 0.717) is 23.7 Å². The molecule has 1 heterocycles. The highest BCUT2D eigenvalue weighted by molar-refractivity contribution is 5.66. The fourth-order valence-corrected chi connectivity index (χ4v) is 1.84. The minimum Gasteiger partial charge on any atom is -0.310 e.